The number of aromatic nitrogens is 2. The molecule has 3 aromatic rings. The molecule has 134 valence electrons. The van der Waals surface area contributed by atoms with Crippen molar-refractivity contribution in [3.8, 4) is 0 Å². The van der Waals surface area contributed by atoms with Crippen molar-refractivity contribution in [2.75, 3.05) is 5.32 Å². The SMILES string of the molecule is Cc1nc(N[C@H](C)c2cccc3c2CCC3(F)F)c2cc(Br)ccc2n1. The monoisotopic (exact) mass is 417 g/mol. The summed E-state index contributed by atoms with van der Waals surface area (Å²) in [5, 5.41) is 4.31. The summed E-state index contributed by atoms with van der Waals surface area (Å²) in [7, 11) is 0. The highest BCUT2D eigenvalue weighted by Gasteiger charge is 2.40. The second-order valence-electron chi connectivity index (χ2n) is 6.72. The summed E-state index contributed by atoms with van der Waals surface area (Å²) in [5.74, 6) is -1.35. The third-order valence-electron chi connectivity index (χ3n) is 4.88. The van der Waals surface area contributed by atoms with E-state index in [9.17, 15) is 8.78 Å². The van der Waals surface area contributed by atoms with Gasteiger partial charge in [0.1, 0.15) is 11.6 Å². The van der Waals surface area contributed by atoms with Crippen LogP contribution in [0, 0.1) is 6.92 Å². The molecule has 6 heteroatoms. The molecule has 0 fully saturated rings. The third-order valence-corrected chi connectivity index (χ3v) is 5.38. The predicted molar refractivity (Wildman–Crippen MR) is 103 cm³/mol. The highest BCUT2D eigenvalue weighted by molar-refractivity contribution is 9.10. The lowest BCUT2D eigenvalue weighted by molar-refractivity contribution is -0.00184. The van der Waals surface area contributed by atoms with Gasteiger partial charge in [-0.2, -0.15) is 0 Å². The smallest absolute Gasteiger partial charge is 0.273 e. The maximum absolute atomic E-state index is 14.1. The number of aryl methyl sites for hydroxylation is 1. The van der Waals surface area contributed by atoms with Gasteiger partial charge in [0, 0.05) is 21.8 Å². The zero-order chi connectivity index (χ0) is 18.5. The number of hydrogen-bond donors (Lipinski definition) is 1. The lowest BCUT2D eigenvalue weighted by Crippen LogP contribution is -2.12. The van der Waals surface area contributed by atoms with Gasteiger partial charge >= 0.3 is 0 Å². The van der Waals surface area contributed by atoms with Crippen LogP contribution < -0.4 is 5.32 Å². The largest absolute Gasteiger partial charge is 0.363 e. The summed E-state index contributed by atoms with van der Waals surface area (Å²) in [6, 6.07) is 10.9. The molecular formula is C20H18BrF2N3. The topological polar surface area (TPSA) is 37.8 Å². The number of halogens is 3. The van der Waals surface area contributed by atoms with Crippen molar-refractivity contribution in [3.05, 3.63) is 63.4 Å². The van der Waals surface area contributed by atoms with Gasteiger partial charge in [-0.25, -0.2) is 18.7 Å². The fourth-order valence-corrected chi connectivity index (χ4v) is 4.02. The van der Waals surface area contributed by atoms with Crippen LogP contribution in [0.25, 0.3) is 10.9 Å². The Bertz CT molecular complexity index is 1000. The zero-order valence-electron chi connectivity index (χ0n) is 14.5. The highest BCUT2D eigenvalue weighted by Crippen LogP contribution is 2.44. The van der Waals surface area contributed by atoms with E-state index in [4.69, 9.17) is 0 Å². The van der Waals surface area contributed by atoms with Crippen LogP contribution in [0.1, 0.15) is 41.9 Å². The summed E-state index contributed by atoms with van der Waals surface area (Å²) in [6.45, 7) is 3.82. The maximum Gasteiger partial charge on any atom is 0.273 e. The summed E-state index contributed by atoms with van der Waals surface area (Å²) in [6.07, 6.45) is 0.286. The third kappa shape index (κ3) is 2.96. The van der Waals surface area contributed by atoms with Crippen LogP contribution >= 0.6 is 15.9 Å². The summed E-state index contributed by atoms with van der Waals surface area (Å²) < 4.78 is 29.1. The molecule has 2 aromatic carbocycles. The van der Waals surface area contributed by atoms with E-state index in [1.807, 2.05) is 38.1 Å². The molecule has 26 heavy (non-hydrogen) atoms. The van der Waals surface area contributed by atoms with Gasteiger partial charge in [0.15, 0.2) is 0 Å². The molecule has 1 aliphatic rings. The quantitative estimate of drug-likeness (QED) is 0.575. The van der Waals surface area contributed by atoms with E-state index < -0.39 is 5.92 Å². The molecule has 1 heterocycles. The molecular weight excluding hydrogens is 400 g/mol. The van der Waals surface area contributed by atoms with E-state index in [2.05, 4.69) is 31.2 Å². The van der Waals surface area contributed by atoms with Crippen LogP contribution in [0.4, 0.5) is 14.6 Å². The van der Waals surface area contributed by atoms with E-state index in [0.29, 0.717) is 18.1 Å². The van der Waals surface area contributed by atoms with Crippen molar-refractivity contribution in [1.29, 1.82) is 0 Å². The van der Waals surface area contributed by atoms with Gasteiger partial charge in [-0.1, -0.05) is 34.1 Å². The molecule has 0 bridgehead atoms. The minimum Gasteiger partial charge on any atom is -0.363 e. The van der Waals surface area contributed by atoms with Crippen LogP contribution in [-0.2, 0) is 12.3 Å². The number of fused-ring (bicyclic) bond motifs is 2. The van der Waals surface area contributed by atoms with Gasteiger partial charge < -0.3 is 5.32 Å². The van der Waals surface area contributed by atoms with E-state index in [1.54, 1.807) is 12.1 Å². The van der Waals surface area contributed by atoms with Crippen molar-refractivity contribution in [1.82, 2.24) is 9.97 Å². The fourth-order valence-electron chi connectivity index (χ4n) is 3.66. The Kier molecular flexibility index (Phi) is 4.18. The van der Waals surface area contributed by atoms with Gasteiger partial charge in [0.05, 0.1) is 11.6 Å². The lowest BCUT2D eigenvalue weighted by Gasteiger charge is -2.20. The number of alkyl halides is 2. The first-order chi connectivity index (χ1) is 12.3. The minimum atomic E-state index is -2.73. The van der Waals surface area contributed by atoms with Crippen LogP contribution in [-0.4, -0.2) is 9.97 Å². The molecule has 3 nitrogen and oxygen atoms in total. The Hall–Kier alpha value is -2.08. The number of nitrogens with zero attached hydrogens (tertiary/aromatic N) is 2. The average molecular weight is 418 g/mol. The second-order valence-corrected chi connectivity index (χ2v) is 7.64. The lowest BCUT2D eigenvalue weighted by atomic mass is 9.97. The first-order valence-corrected chi connectivity index (χ1v) is 9.35. The normalized spacial score (nSPS) is 16.5. The zero-order valence-corrected chi connectivity index (χ0v) is 16.1. The van der Waals surface area contributed by atoms with Crippen molar-refractivity contribution >= 4 is 32.7 Å². The Balaban J connectivity index is 1.74. The summed E-state index contributed by atoms with van der Waals surface area (Å²) in [4.78, 5) is 9.00. The Morgan fingerprint density at radius 3 is 2.81 bits per heavy atom. The van der Waals surface area contributed by atoms with Crippen molar-refractivity contribution in [2.45, 2.75) is 38.7 Å². The molecule has 0 aliphatic heterocycles. The molecule has 0 saturated carbocycles. The van der Waals surface area contributed by atoms with Crippen molar-refractivity contribution in [2.24, 2.45) is 0 Å². The molecule has 0 spiro atoms. The van der Waals surface area contributed by atoms with Crippen molar-refractivity contribution < 1.29 is 8.78 Å². The average Bonchev–Trinajstić information content (AvgIpc) is 2.91. The fraction of sp³-hybridized carbons (Fsp3) is 0.300. The van der Waals surface area contributed by atoms with Gasteiger partial charge in [-0.15, -0.1) is 0 Å². The number of hydrogen-bond acceptors (Lipinski definition) is 3. The van der Waals surface area contributed by atoms with Gasteiger partial charge in [-0.3, -0.25) is 0 Å². The molecule has 1 N–H and O–H groups in total. The van der Waals surface area contributed by atoms with Gasteiger partial charge in [0.25, 0.3) is 5.92 Å². The molecule has 1 aromatic heterocycles. The van der Waals surface area contributed by atoms with Gasteiger partial charge in [0.2, 0.25) is 0 Å². The molecule has 1 aliphatic carbocycles. The van der Waals surface area contributed by atoms with Crippen LogP contribution in [0.2, 0.25) is 0 Å². The number of anilines is 1. The van der Waals surface area contributed by atoms with E-state index in [1.165, 1.54) is 0 Å². The number of benzene rings is 2. The van der Waals surface area contributed by atoms with Crippen LogP contribution in [0.5, 0.6) is 0 Å². The molecule has 0 amide bonds. The van der Waals surface area contributed by atoms with Crippen molar-refractivity contribution in [3.63, 3.8) is 0 Å². The summed E-state index contributed by atoms with van der Waals surface area (Å²) >= 11 is 3.48. The minimum absolute atomic E-state index is 0.117. The predicted octanol–water partition coefficient (Wildman–Crippen LogP) is 5.91. The molecule has 4 rings (SSSR count). The Labute approximate surface area is 159 Å². The maximum atomic E-state index is 14.1. The van der Waals surface area contributed by atoms with E-state index in [-0.39, 0.29) is 18.0 Å². The Morgan fingerprint density at radius 2 is 2.00 bits per heavy atom. The van der Waals surface area contributed by atoms with E-state index >= 15 is 0 Å². The molecule has 0 saturated heterocycles. The number of nitrogens with one attached hydrogen (secondary N) is 1. The van der Waals surface area contributed by atoms with Crippen LogP contribution in [0.15, 0.2) is 40.9 Å². The molecule has 1 atom stereocenters. The molecule has 0 radical (unpaired) electrons. The first-order valence-electron chi connectivity index (χ1n) is 8.56. The van der Waals surface area contributed by atoms with E-state index in [0.717, 1.165) is 26.5 Å². The van der Waals surface area contributed by atoms with Gasteiger partial charge in [-0.05, 0) is 49.6 Å². The highest BCUT2D eigenvalue weighted by atomic mass is 79.9. The second kappa shape index (κ2) is 6.27. The first kappa shape index (κ1) is 17.3. The van der Waals surface area contributed by atoms with Crippen LogP contribution in [0.3, 0.4) is 0 Å². The standard InChI is InChI=1S/C20H18BrF2N3/c1-11(14-4-3-5-17-15(14)8-9-20(17,22)23)24-19-16-10-13(21)6-7-18(16)25-12(2)26-19/h3-7,10-11H,8-9H2,1-2H3,(H,24,25,26)/t11-/m1/s1. The molecule has 0 unspecified atom stereocenters. The Morgan fingerprint density at radius 1 is 1.19 bits per heavy atom. The summed E-state index contributed by atoms with van der Waals surface area (Å²) in [5.41, 5.74) is 2.67. The number of rotatable bonds is 3.